The Morgan fingerprint density at radius 1 is 1.19 bits per heavy atom. The predicted octanol–water partition coefficient (Wildman–Crippen LogP) is 5.24. The molecule has 2 atom stereocenters. The molecule has 1 aliphatic heterocycles. The molecule has 0 amide bonds. The number of halogens is 1. The summed E-state index contributed by atoms with van der Waals surface area (Å²) in [6, 6.07) is 13.7. The quantitative estimate of drug-likeness (QED) is 0.580. The summed E-state index contributed by atoms with van der Waals surface area (Å²) in [6.45, 7) is 2.09. The van der Waals surface area contributed by atoms with E-state index >= 15 is 0 Å². The van der Waals surface area contributed by atoms with E-state index in [0.29, 0.717) is 22.8 Å². The summed E-state index contributed by atoms with van der Waals surface area (Å²) in [5, 5.41) is 15.7. The van der Waals surface area contributed by atoms with Crippen LogP contribution < -0.4 is 4.74 Å². The van der Waals surface area contributed by atoms with Crippen LogP contribution in [-0.2, 0) is 10.3 Å². The number of aliphatic hydroxyl groups is 1. The van der Waals surface area contributed by atoms with E-state index in [9.17, 15) is 9.90 Å². The number of aryl methyl sites for hydroxylation is 1. The van der Waals surface area contributed by atoms with Gasteiger partial charge in [-0.05, 0) is 55.4 Å². The van der Waals surface area contributed by atoms with Gasteiger partial charge in [0.2, 0.25) is 0 Å². The summed E-state index contributed by atoms with van der Waals surface area (Å²) in [7, 11) is 0. The number of carbonyl (C=O) groups excluding carboxylic acids is 1. The van der Waals surface area contributed by atoms with E-state index in [0.717, 1.165) is 24.8 Å². The van der Waals surface area contributed by atoms with Gasteiger partial charge in [-0.15, -0.1) is 0 Å². The third-order valence-electron chi connectivity index (χ3n) is 7.51. The Kier molecular flexibility index (Phi) is 4.33. The average molecular weight is 449 g/mol. The van der Waals surface area contributed by atoms with Gasteiger partial charge >= 0.3 is 0 Å². The second-order valence-corrected chi connectivity index (χ2v) is 10.4. The highest BCUT2D eigenvalue weighted by Gasteiger charge is 2.69. The summed E-state index contributed by atoms with van der Waals surface area (Å²) in [6.07, 6.45) is 6.46. The molecule has 3 aliphatic carbocycles. The maximum atomic E-state index is 13.0. The fourth-order valence-corrected chi connectivity index (χ4v) is 6.13. The highest BCUT2D eigenvalue weighted by atomic mass is 35.5. The lowest BCUT2D eigenvalue weighted by atomic mass is 9.38. The van der Waals surface area contributed by atoms with Crippen molar-refractivity contribution in [1.82, 2.24) is 9.78 Å². The van der Waals surface area contributed by atoms with Crippen LogP contribution in [0.15, 0.2) is 54.9 Å². The fourth-order valence-electron chi connectivity index (χ4n) is 5.95. The number of carbonyl (C=O) groups is 1. The zero-order valence-corrected chi connectivity index (χ0v) is 18.7. The van der Waals surface area contributed by atoms with Crippen molar-refractivity contribution < 1.29 is 14.6 Å². The van der Waals surface area contributed by atoms with Gasteiger partial charge < -0.3 is 9.84 Å². The van der Waals surface area contributed by atoms with Crippen molar-refractivity contribution in [3.8, 4) is 16.9 Å². The summed E-state index contributed by atoms with van der Waals surface area (Å²) < 4.78 is 8.04. The van der Waals surface area contributed by atoms with Crippen LogP contribution in [0.2, 0.25) is 5.02 Å². The van der Waals surface area contributed by atoms with Crippen molar-refractivity contribution >= 4 is 17.4 Å². The number of ether oxygens (including phenoxy) is 1. The van der Waals surface area contributed by atoms with Crippen molar-refractivity contribution in [3.05, 3.63) is 71.0 Å². The molecule has 0 radical (unpaired) electrons. The number of hydrogen-bond donors (Lipinski definition) is 1. The number of benzene rings is 2. The lowest BCUT2D eigenvalue weighted by Crippen LogP contribution is -2.68. The monoisotopic (exact) mass is 448 g/mol. The van der Waals surface area contributed by atoms with Crippen molar-refractivity contribution in [2.75, 3.05) is 0 Å². The minimum absolute atomic E-state index is 0.0551. The van der Waals surface area contributed by atoms with Gasteiger partial charge in [0.1, 0.15) is 5.75 Å². The van der Waals surface area contributed by atoms with Gasteiger partial charge in [0, 0.05) is 35.2 Å². The fraction of sp³-hybridized carbons (Fsp3) is 0.385. The standard InChI is InChI=1S/C26H25ClN2O3/c1-16-2-4-17(5-3-16)18-11-28-29(12-18)26-13-25(14-26,15-26)10-22(31)24-9-21(30)20-8-19(27)6-7-23(20)32-24/h2-8,11-12,21,24,30H,9-10,13-15H2,1H3/t21-,24+,25?,26?/m1/s1. The van der Waals surface area contributed by atoms with Crippen LogP contribution in [0.5, 0.6) is 5.75 Å². The Hall–Kier alpha value is -2.63. The van der Waals surface area contributed by atoms with E-state index in [-0.39, 0.29) is 23.2 Å². The molecule has 3 aromatic rings. The van der Waals surface area contributed by atoms with E-state index in [1.54, 1.807) is 18.2 Å². The van der Waals surface area contributed by atoms with Gasteiger partial charge in [0.15, 0.2) is 11.9 Å². The van der Waals surface area contributed by atoms with Crippen molar-refractivity contribution in [2.45, 2.75) is 56.8 Å². The zero-order valence-electron chi connectivity index (χ0n) is 17.9. The number of fused-ring (bicyclic) bond motifs is 1. The first-order valence-corrected chi connectivity index (χ1v) is 11.5. The minimum Gasteiger partial charge on any atom is -0.482 e. The van der Waals surface area contributed by atoms with Crippen LogP contribution in [0, 0.1) is 12.3 Å². The number of aliphatic hydroxyl groups excluding tert-OH is 1. The number of rotatable bonds is 5. The molecule has 6 heteroatoms. The number of aromatic nitrogens is 2. The third kappa shape index (κ3) is 3.10. The smallest absolute Gasteiger partial charge is 0.173 e. The van der Waals surface area contributed by atoms with E-state index < -0.39 is 12.2 Å². The number of nitrogens with zero attached hydrogens (tertiary/aromatic N) is 2. The highest BCUT2D eigenvalue weighted by molar-refractivity contribution is 6.30. The summed E-state index contributed by atoms with van der Waals surface area (Å²) in [5.74, 6) is 0.638. The largest absolute Gasteiger partial charge is 0.482 e. The van der Waals surface area contributed by atoms with Crippen molar-refractivity contribution in [1.29, 1.82) is 0 Å². The van der Waals surface area contributed by atoms with Gasteiger partial charge in [-0.3, -0.25) is 9.48 Å². The summed E-state index contributed by atoms with van der Waals surface area (Å²) in [4.78, 5) is 13.0. The Morgan fingerprint density at radius 3 is 2.69 bits per heavy atom. The highest BCUT2D eigenvalue weighted by Crippen LogP contribution is 2.73. The van der Waals surface area contributed by atoms with Gasteiger partial charge in [0.25, 0.3) is 0 Å². The Balaban J connectivity index is 1.10. The van der Waals surface area contributed by atoms with Crippen LogP contribution in [0.3, 0.4) is 0 Å². The first kappa shape index (κ1) is 20.0. The maximum Gasteiger partial charge on any atom is 0.173 e. The van der Waals surface area contributed by atoms with E-state index in [2.05, 4.69) is 47.2 Å². The number of Topliss-reactive ketones (excluding diaryl/α,β-unsaturated/α-hetero) is 1. The molecular weight excluding hydrogens is 424 g/mol. The first-order chi connectivity index (χ1) is 15.3. The van der Waals surface area contributed by atoms with E-state index in [1.807, 2.05) is 6.20 Å². The van der Waals surface area contributed by atoms with Crippen molar-refractivity contribution in [2.24, 2.45) is 5.41 Å². The molecule has 32 heavy (non-hydrogen) atoms. The van der Waals surface area contributed by atoms with Crippen LogP contribution in [-0.4, -0.2) is 26.8 Å². The Bertz CT molecular complexity index is 1200. The average Bonchev–Trinajstić information content (AvgIpc) is 3.20. The second-order valence-electron chi connectivity index (χ2n) is 9.98. The predicted molar refractivity (Wildman–Crippen MR) is 122 cm³/mol. The van der Waals surface area contributed by atoms with Crippen LogP contribution in [0.25, 0.3) is 11.1 Å². The molecule has 2 heterocycles. The summed E-state index contributed by atoms with van der Waals surface area (Å²) >= 11 is 6.03. The molecule has 1 aromatic heterocycles. The van der Waals surface area contributed by atoms with Crippen LogP contribution >= 0.6 is 11.6 Å². The van der Waals surface area contributed by atoms with E-state index in [4.69, 9.17) is 16.3 Å². The topological polar surface area (TPSA) is 64.4 Å². The van der Waals surface area contributed by atoms with Crippen LogP contribution in [0.1, 0.15) is 49.3 Å². The molecule has 1 N–H and O–H groups in total. The third-order valence-corrected chi connectivity index (χ3v) is 7.75. The van der Waals surface area contributed by atoms with Crippen molar-refractivity contribution in [3.63, 3.8) is 0 Å². The molecule has 4 aliphatic rings. The number of hydrogen-bond acceptors (Lipinski definition) is 4. The Morgan fingerprint density at radius 2 is 1.94 bits per heavy atom. The molecule has 5 nitrogen and oxygen atoms in total. The first-order valence-electron chi connectivity index (χ1n) is 11.1. The molecular formula is C26H25ClN2O3. The molecule has 3 fully saturated rings. The maximum absolute atomic E-state index is 13.0. The Labute approximate surface area is 192 Å². The molecule has 0 saturated heterocycles. The SMILES string of the molecule is Cc1ccc(-c2cnn(C34CC(CC(=O)[C@@H]5C[C@@H](O)c6cc(Cl)ccc6O5)(C3)C4)c2)cc1. The normalized spacial score (nSPS) is 30.0. The van der Waals surface area contributed by atoms with Gasteiger partial charge in [-0.2, -0.15) is 5.10 Å². The zero-order chi connectivity index (χ0) is 22.1. The molecule has 0 unspecified atom stereocenters. The molecule has 164 valence electrons. The molecule has 0 spiro atoms. The minimum atomic E-state index is -0.727. The number of ketones is 1. The van der Waals surface area contributed by atoms with Gasteiger partial charge in [-0.1, -0.05) is 41.4 Å². The molecule has 7 rings (SSSR count). The summed E-state index contributed by atoms with van der Waals surface area (Å²) in [5.41, 5.74) is 4.32. The van der Waals surface area contributed by atoms with Crippen LogP contribution in [0.4, 0.5) is 0 Å². The molecule has 2 bridgehead atoms. The lowest BCUT2D eigenvalue weighted by Gasteiger charge is -2.70. The second kappa shape index (κ2) is 6.93. The van der Waals surface area contributed by atoms with Gasteiger partial charge in [-0.25, -0.2) is 0 Å². The molecule has 3 saturated carbocycles. The lowest BCUT2D eigenvalue weighted by molar-refractivity contribution is -0.200. The van der Waals surface area contributed by atoms with Gasteiger partial charge in [0.05, 0.1) is 17.8 Å². The van der Waals surface area contributed by atoms with E-state index in [1.165, 1.54) is 11.1 Å². The molecule has 2 aromatic carbocycles.